The average molecular weight is 417 g/mol. The molecule has 1 N–H and O–H groups in total. The summed E-state index contributed by atoms with van der Waals surface area (Å²) in [5.74, 6) is -1.45. The summed E-state index contributed by atoms with van der Waals surface area (Å²) in [4.78, 5) is 48.8. The fourth-order valence-electron chi connectivity index (χ4n) is 2.94. The van der Waals surface area contributed by atoms with E-state index in [-0.39, 0.29) is 29.0 Å². The lowest BCUT2D eigenvalue weighted by atomic mass is 10.1. The van der Waals surface area contributed by atoms with Gasteiger partial charge in [0.1, 0.15) is 28.0 Å². The number of hydrogen-bond acceptors (Lipinski definition) is 7. The molecule has 0 aliphatic heterocycles. The smallest absolute Gasteiger partial charge is 0.351 e. The summed E-state index contributed by atoms with van der Waals surface area (Å²) in [6.07, 6.45) is 1.48. The van der Waals surface area contributed by atoms with Crippen LogP contribution in [0.15, 0.2) is 85.7 Å². The molecule has 154 valence electrons. The van der Waals surface area contributed by atoms with Gasteiger partial charge in [-0.25, -0.2) is 14.4 Å². The Labute approximate surface area is 174 Å². The van der Waals surface area contributed by atoms with Crippen molar-refractivity contribution in [1.82, 2.24) is 5.32 Å². The van der Waals surface area contributed by atoms with Crippen LogP contribution in [0, 0.1) is 0 Å². The Morgan fingerprint density at radius 3 is 2.39 bits per heavy atom. The summed E-state index contributed by atoms with van der Waals surface area (Å²) in [5.41, 5.74) is -1.63. The topological polar surface area (TPSA) is 116 Å². The van der Waals surface area contributed by atoms with Gasteiger partial charge in [-0.05, 0) is 30.3 Å². The van der Waals surface area contributed by atoms with E-state index in [9.17, 15) is 19.2 Å². The first-order valence-corrected chi connectivity index (χ1v) is 9.18. The van der Waals surface area contributed by atoms with Gasteiger partial charge >= 0.3 is 17.2 Å². The van der Waals surface area contributed by atoms with Gasteiger partial charge in [-0.2, -0.15) is 0 Å². The van der Waals surface area contributed by atoms with Gasteiger partial charge in [0.05, 0.1) is 0 Å². The minimum Gasteiger partial charge on any atom is -0.423 e. The first kappa shape index (κ1) is 19.8. The molecular weight excluding hydrogens is 402 g/mol. The molecule has 0 spiro atoms. The molecule has 2 heterocycles. The highest BCUT2D eigenvalue weighted by Gasteiger charge is 2.18. The molecule has 8 heteroatoms. The number of carbonyl (C=O) groups is 2. The minimum absolute atomic E-state index is 0.0528. The normalized spacial score (nSPS) is 10.7. The van der Waals surface area contributed by atoms with Gasteiger partial charge in [0, 0.05) is 23.4 Å². The number of rotatable bonds is 5. The van der Waals surface area contributed by atoms with Gasteiger partial charge in [0.15, 0.2) is 0 Å². The maximum atomic E-state index is 12.5. The summed E-state index contributed by atoms with van der Waals surface area (Å²) >= 11 is 0. The molecule has 0 saturated heterocycles. The van der Waals surface area contributed by atoms with Crippen molar-refractivity contribution in [3.63, 3.8) is 0 Å². The van der Waals surface area contributed by atoms with Crippen LogP contribution in [-0.2, 0) is 0 Å². The van der Waals surface area contributed by atoms with Crippen LogP contribution in [0.3, 0.4) is 0 Å². The Kier molecular flexibility index (Phi) is 5.19. The molecule has 0 fully saturated rings. The maximum absolute atomic E-state index is 12.5. The SMILES string of the molecule is C=CCNC(=O)c1cc2ccc(OC(=O)c3cc4ccccc4oc3=O)cc2oc1=O. The molecule has 4 aromatic rings. The van der Waals surface area contributed by atoms with E-state index in [4.69, 9.17) is 13.6 Å². The second-order valence-electron chi connectivity index (χ2n) is 6.52. The van der Waals surface area contributed by atoms with Crippen LogP contribution in [0.25, 0.3) is 21.9 Å². The Balaban J connectivity index is 1.63. The van der Waals surface area contributed by atoms with Crippen LogP contribution in [0.5, 0.6) is 5.75 Å². The highest BCUT2D eigenvalue weighted by atomic mass is 16.5. The van der Waals surface area contributed by atoms with Crippen molar-refractivity contribution in [3.05, 3.63) is 99.2 Å². The molecule has 2 aromatic heterocycles. The Morgan fingerprint density at radius 2 is 1.58 bits per heavy atom. The third-order valence-corrected chi connectivity index (χ3v) is 4.43. The third-order valence-electron chi connectivity index (χ3n) is 4.43. The van der Waals surface area contributed by atoms with E-state index >= 15 is 0 Å². The van der Waals surface area contributed by atoms with Gasteiger partial charge in [-0.3, -0.25) is 4.79 Å². The van der Waals surface area contributed by atoms with Gasteiger partial charge in [-0.1, -0.05) is 24.3 Å². The molecule has 0 radical (unpaired) electrons. The fourth-order valence-corrected chi connectivity index (χ4v) is 2.94. The van der Waals surface area contributed by atoms with Crippen molar-refractivity contribution in [2.24, 2.45) is 0 Å². The summed E-state index contributed by atoms with van der Waals surface area (Å²) in [6.45, 7) is 3.69. The van der Waals surface area contributed by atoms with Gasteiger partial charge in [0.2, 0.25) is 0 Å². The highest BCUT2D eigenvalue weighted by molar-refractivity contribution is 5.97. The molecule has 0 unspecified atom stereocenters. The van der Waals surface area contributed by atoms with Crippen molar-refractivity contribution in [1.29, 1.82) is 0 Å². The van der Waals surface area contributed by atoms with Crippen LogP contribution in [-0.4, -0.2) is 18.4 Å². The van der Waals surface area contributed by atoms with Crippen molar-refractivity contribution >= 4 is 33.8 Å². The summed E-state index contributed by atoms with van der Waals surface area (Å²) < 4.78 is 15.6. The number of para-hydroxylation sites is 1. The lowest BCUT2D eigenvalue weighted by Crippen LogP contribution is -2.28. The minimum atomic E-state index is -0.915. The van der Waals surface area contributed by atoms with Gasteiger partial charge in [0.25, 0.3) is 5.91 Å². The molecule has 0 atom stereocenters. The number of hydrogen-bond donors (Lipinski definition) is 1. The van der Waals surface area contributed by atoms with Crippen LogP contribution in [0.1, 0.15) is 20.7 Å². The Bertz CT molecular complexity index is 1460. The lowest BCUT2D eigenvalue weighted by Gasteiger charge is -2.06. The molecule has 0 bridgehead atoms. The zero-order valence-corrected chi connectivity index (χ0v) is 16.0. The van der Waals surface area contributed by atoms with Crippen LogP contribution in [0.4, 0.5) is 0 Å². The molecule has 1 amide bonds. The predicted octanol–water partition coefficient (Wildman–Crippen LogP) is 3.03. The molecule has 8 nitrogen and oxygen atoms in total. The van der Waals surface area contributed by atoms with E-state index in [0.717, 1.165) is 0 Å². The monoisotopic (exact) mass is 417 g/mol. The quantitative estimate of drug-likeness (QED) is 0.230. The second kappa shape index (κ2) is 8.11. The Hall–Kier alpha value is -4.46. The zero-order valence-electron chi connectivity index (χ0n) is 16.0. The van der Waals surface area contributed by atoms with Gasteiger partial charge in [-0.15, -0.1) is 6.58 Å². The summed E-state index contributed by atoms with van der Waals surface area (Å²) in [5, 5.41) is 3.53. The van der Waals surface area contributed by atoms with Crippen molar-refractivity contribution in [2.45, 2.75) is 0 Å². The number of amides is 1. The summed E-state index contributed by atoms with van der Waals surface area (Å²) in [7, 11) is 0. The largest absolute Gasteiger partial charge is 0.423 e. The second-order valence-corrected chi connectivity index (χ2v) is 6.52. The molecule has 0 aliphatic rings. The van der Waals surface area contributed by atoms with Crippen molar-refractivity contribution in [2.75, 3.05) is 6.54 Å². The first-order chi connectivity index (χ1) is 15.0. The zero-order chi connectivity index (χ0) is 22.0. The number of carbonyl (C=O) groups excluding carboxylic acids is 2. The van der Waals surface area contributed by atoms with E-state index in [2.05, 4.69) is 11.9 Å². The maximum Gasteiger partial charge on any atom is 0.351 e. The van der Waals surface area contributed by atoms with E-state index in [1.54, 1.807) is 24.3 Å². The Morgan fingerprint density at radius 1 is 0.903 bits per heavy atom. The number of nitrogens with one attached hydrogen (secondary N) is 1. The van der Waals surface area contributed by atoms with Crippen molar-refractivity contribution in [3.8, 4) is 5.75 Å². The molecular formula is C23H15NO7. The fraction of sp³-hybridized carbons (Fsp3) is 0.0435. The van der Waals surface area contributed by atoms with Crippen LogP contribution >= 0.6 is 0 Å². The molecule has 0 aliphatic carbocycles. The molecule has 31 heavy (non-hydrogen) atoms. The standard InChI is InChI=1S/C23H15NO7/c1-2-9-24-20(25)16-10-14-7-8-15(12-19(14)31-21(16)26)29-22(27)17-11-13-5-3-4-6-18(13)30-23(17)28/h2-8,10-12H,1,9H2,(H,24,25). The average Bonchev–Trinajstić information content (AvgIpc) is 2.76. The van der Waals surface area contributed by atoms with E-state index in [0.29, 0.717) is 16.4 Å². The summed E-state index contributed by atoms with van der Waals surface area (Å²) in [6, 6.07) is 13.8. The number of ether oxygens (including phenoxy) is 1. The predicted molar refractivity (Wildman–Crippen MR) is 112 cm³/mol. The first-order valence-electron chi connectivity index (χ1n) is 9.18. The van der Waals surface area contributed by atoms with E-state index < -0.39 is 23.1 Å². The number of fused-ring (bicyclic) bond motifs is 2. The third kappa shape index (κ3) is 3.99. The molecule has 4 rings (SSSR count). The van der Waals surface area contributed by atoms with Gasteiger partial charge < -0.3 is 18.9 Å². The highest BCUT2D eigenvalue weighted by Crippen LogP contribution is 2.22. The lowest BCUT2D eigenvalue weighted by molar-refractivity contribution is 0.0730. The van der Waals surface area contributed by atoms with Crippen LogP contribution in [0.2, 0.25) is 0 Å². The number of benzene rings is 2. The van der Waals surface area contributed by atoms with E-state index in [1.165, 1.54) is 36.4 Å². The van der Waals surface area contributed by atoms with E-state index in [1.807, 2.05) is 0 Å². The van der Waals surface area contributed by atoms with Crippen LogP contribution < -0.4 is 21.3 Å². The van der Waals surface area contributed by atoms with Crippen molar-refractivity contribution < 1.29 is 23.2 Å². The molecule has 2 aromatic carbocycles. The molecule has 0 saturated carbocycles. The number of esters is 1.